The quantitative estimate of drug-likeness (QED) is 0.929. The van der Waals surface area contributed by atoms with E-state index in [1.165, 1.54) is 0 Å². The summed E-state index contributed by atoms with van der Waals surface area (Å²) in [5, 5.41) is 9.15. The molecule has 20 heavy (non-hydrogen) atoms. The number of aromatic nitrogens is 2. The molecule has 0 amide bonds. The van der Waals surface area contributed by atoms with Crippen LogP contribution in [-0.4, -0.2) is 21.0 Å². The summed E-state index contributed by atoms with van der Waals surface area (Å²) in [5.41, 5.74) is 3.01. The fraction of sp³-hybridized carbons (Fsp3) is 0.267. The van der Waals surface area contributed by atoms with E-state index in [-0.39, 0.29) is 0 Å². The Hall–Kier alpha value is -1.75. The fourth-order valence-corrected chi connectivity index (χ4v) is 2.63. The summed E-state index contributed by atoms with van der Waals surface area (Å²) in [6, 6.07) is 7.72. The molecule has 1 aromatic carbocycles. The average Bonchev–Trinajstić information content (AvgIpc) is 2.37. The van der Waals surface area contributed by atoms with E-state index in [0.29, 0.717) is 22.8 Å². The van der Waals surface area contributed by atoms with Crippen molar-refractivity contribution in [1.82, 2.24) is 9.97 Å². The minimum atomic E-state index is -0.866. The molecule has 1 atom stereocenters. The maximum Gasteiger partial charge on any atom is 0.310 e. The third-order valence-corrected chi connectivity index (χ3v) is 3.71. The summed E-state index contributed by atoms with van der Waals surface area (Å²) in [6.07, 6.45) is 0. The molecule has 1 unspecified atom stereocenters. The van der Waals surface area contributed by atoms with Gasteiger partial charge in [0, 0.05) is 27.0 Å². The smallest absolute Gasteiger partial charge is 0.310 e. The van der Waals surface area contributed by atoms with Gasteiger partial charge in [-0.2, -0.15) is 0 Å². The second kappa shape index (κ2) is 5.71. The number of rotatable bonds is 3. The minimum Gasteiger partial charge on any atom is -0.481 e. The van der Waals surface area contributed by atoms with Gasteiger partial charge >= 0.3 is 5.97 Å². The zero-order valence-corrected chi connectivity index (χ0v) is 13.1. The van der Waals surface area contributed by atoms with E-state index in [1.807, 2.05) is 38.1 Å². The molecule has 0 aliphatic heterocycles. The predicted octanol–water partition coefficient (Wildman–Crippen LogP) is 3.71. The number of carbonyl (C=O) groups is 1. The van der Waals surface area contributed by atoms with Crippen molar-refractivity contribution in [3.8, 4) is 11.4 Å². The van der Waals surface area contributed by atoms with Crippen LogP contribution in [-0.2, 0) is 4.79 Å². The van der Waals surface area contributed by atoms with E-state index in [1.54, 1.807) is 6.92 Å². The average molecular weight is 335 g/mol. The van der Waals surface area contributed by atoms with Crippen LogP contribution in [0.5, 0.6) is 0 Å². The molecule has 104 valence electrons. The van der Waals surface area contributed by atoms with Gasteiger partial charge in [-0.3, -0.25) is 4.79 Å². The van der Waals surface area contributed by atoms with Crippen LogP contribution < -0.4 is 0 Å². The zero-order valence-electron chi connectivity index (χ0n) is 11.5. The molecule has 4 nitrogen and oxygen atoms in total. The highest BCUT2D eigenvalue weighted by molar-refractivity contribution is 9.10. The molecule has 5 heteroatoms. The van der Waals surface area contributed by atoms with Gasteiger partial charge in [0.2, 0.25) is 0 Å². The molecule has 0 bridgehead atoms. The monoisotopic (exact) mass is 334 g/mol. The zero-order chi connectivity index (χ0) is 14.9. The number of hydrogen-bond acceptors (Lipinski definition) is 3. The Balaban J connectivity index is 2.53. The summed E-state index contributed by atoms with van der Waals surface area (Å²) in [6.45, 7) is 5.30. The van der Waals surface area contributed by atoms with Crippen molar-refractivity contribution < 1.29 is 9.90 Å². The first-order valence-corrected chi connectivity index (χ1v) is 7.03. The normalized spacial score (nSPS) is 12.2. The Labute approximate surface area is 126 Å². The maximum absolute atomic E-state index is 11.1. The molecule has 0 aliphatic carbocycles. The van der Waals surface area contributed by atoms with Crippen LogP contribution in [0, 0.1) is 13.8 Å². The number of benzene rings is 1. The van der Waals surface area contributed by atoms with Crippen LogP contribution in [0.4, 0.5) is 0 Å². The van der Waals surface area contributed by atoms with Crippen molar-refractivity contribution in [2.24, 2.45) is 0 Å². The van der Waals surface area contributed by atoms with Gasteiger partial charge in [0.15, 0.2) is 5.82 Å². The molecule has 0 spiro atoms. The minimum absolute atomic E-state index is 0.605. The largest absolute Gasteiger partial charge is 0.481 e. The Morgan fingerprint density at radius 3 is 2.35 bits per heavy atom. The van der Waals surface area contributed by atoms with Gasteiger partial charge in [-0.1, -0.05) is 28.1 Å². The van der Waals surface area contributed by atoms with Crippen molar-refractivity contribution in [1.29, 1.82) is 0 Å². The number of carboxylic acids is 1. The van der Waals surface area contributed by atoms with Crippen molar-refractivity contribution in [3.05, 3.63) is 45.7 Å². The summed E-state index contributed by atoms with van der Waals surface area (Å²) in [4.78, 5) is 20.0. The van der Waals surface area contributed by atoms with Crippen molar-refractivity contribution >= 4 is 21.9 Å². The predicted molar refractivity (Wildman–Crippen MR) is 80.7 cm³/mol. The number of aliphatic carboxylic acids is 1. The van der Waals surface area contributed by atoms with Crippen LogP contribution in [0.25, 0.3) is 11.4 Å². The van der Waals surface area contributed by atoms with Gasteiger partial charge in [0.1, 0.15) is 0 Å². The Bertz CT molecular complexity index is 648. The molecule has 0 aliphatic rings. The maximum atomic E-state index is 11.1. The molecule has 2 rings (SSSR count). The second-order valence-corrected chi connectivity index (χ2v) is 5.62. The van der Waals surface area contributed by atoms with Crippen molar-refractivity contribution in [2.45, 2.75) is 26.7 Å². The molecule has 0 saturated carbocycles. The molecular weight excluding hydrogens is 320 g/mol. The topological polar surface area (TPSA) is 63.1 Å². The van der Waals surface area contributed by atoms with E-state index in [4.69, 9.17) is 5.11 Å². The van der Waals surface area contributed by atoms with E-state index in [0.717, 1.165) is 10.0 Å². The van der Waals surface area contributed by atoms with Crippen LogP contribution in [0.15, 0.2) is 28.7 Å². The summed E-state index contributed by atoms with van der Waals surface area (Å²) < 4.78 is 0.955. The van der Waals surface area contributed by atoms with Crippen LogP contribution in [0.1, 0.15) is 29.8 Å². The summed E-state index contributed by atoms with van der Waals surface area (Å²) in [7, 11) is 0. The molecule has 1 heterocycles. The highest BCUT2D eigenvalue weighted by Crippen LogP contribution is 2.26. The molecule has 1 aromatic heterocycles. The lowest BCUT2D eigenvalue weighted by Crippen LogP contribution is -2.13. The van der Waals surface area contributed by atoms with Gasteiger partial charge in [-0.05, 0) is 32.9 Å². The van der Waals surface area contributed by atoms with Gasteiger partial charge in [-0.15, -0.1) is 0 Å². The molecule has 0 saturated heterocycles. The van der Waals surface area contributed by atoms with Crippen molar-refractivity contribution in [2.75, 3.05) is 0 Å². The number of carboxylic acid groups (broad SMARTS) is 1. The first-order chi connectivity index (χ1) is 9.40. The third kappa shape index (κ3) is 2.88. The number of halogens is 1. The lowest BCUT2D eigenvalue weighted by atomic mass is 9.98. The van der Waals surface area contributed by atoms with E-state index in [9.17, 15) is 4.79 Å². The summed E-state index contributed by atoms with van der Waals surface area (Å²) in [5.74, 6) is -0.857. The third-order valence-electron chi connectivity index (χ3n) is 3.21. The van der Waals surface area contributed by atoms with Gasteiger partial charge < -0.3 is 5.11 Å². The lowest BCUT2D eigenvalue weighted by Gasteiger charge is -2.14. The van der Waals surface area contributed by atoms with Gasteiger partial charge in [0.05, 0.1) is 5.92 Å². The first-order valence-electron chi connectivity index (χ1n) is 6.24. The van der Waals surface area contributed by atoms with Gasteiger partial charge in [0.25, 0.3) is 0 Å². The number of aryl methyl sites for hydroxylation is 2. The SMILES string of the molecule is Cc1nc(-c2cccc(Br)c2)nc(C)c1C(C)C(=O)O. The standard InChI is InChI=1S/C15H15BrN2O2/c1-8(15(19)20)13-9(2)17-14(18-10(13)3)11-5-4-6-12(16)7-11/h4-8H,1-3H3,(H,19,20). The van der Waals surface area contributed by atoms with Crippen molar-refractivity contribution in [3.63, 3.8) is 0 Å². The Morgan fingerprint density at radius 2 is 1.85 bits per heavy atom. The Morgan fingerprint density at radius 1 is 1.25 bits per heavy atom. The Kier molecular flexibility index (Phi) is 4.18. The van der Waals surface area contributed by atoms with Crippen LogP contribution in [0.3, 0.4) is 0 Å². The molecule has 0 fully saturated rings. The lowest BCUT2D eigenvalue weighted by molar-refractivity contribution is -0.138. The number of hydrogen-bond donors (Lipinski definition) is 1. The van der Waals surface area contributed by atoms with E-state index >= 15 is 0 Å². The van der Waals surface area contributed by atoms with E-state index in [2.05, 4.69) is 25.9 Å². The number of nitrogens with zero attached hydrogens (tertiary/aromatic N) is 2. The molecular formula is C15H15BrN2O2. The summed E-state index contributed by atoms with van der Waals surface area (Å²) >= 11 is 3.42. The van der Waals surface area contributed by atoms with Crippen LogP contribution >= 0.6 is 15.9 Å². The second-order valence-electron chi connectivity index (χ2n) is 4.70. The highest BCUT2D eigenvalue weighted by Gasteiger charge is 2.21. The van der Waals surface area contributed by atoms with Gasteiger partial charge in [-0.25, -0.2) is 9.97 Å². The van der Waals surface area contributed by atoms with E-state index < -0.39 is 11.9 Å². The molecule has 2 aromatic rings. The highest BCUT2D eigenvalue weighted by atomic mass is 79.9. The first kappa shape index (κ1) is 14.7. The molecule has 1 N–H and O–H groups in total. The molecule has 0 radical (unpaired) electrons. The van der Waals surface area contributed by atoms with Crippen LogP contribution in [0.2, 0.25) is 0 Å². The fourth-order valence-electron chi connectivity index (χ4n) is 2.23.